The fraction of sp³-hybridized carbons (Fsp3) is 0.278. The second-order valence-electron chi connectivity index (χ2n) is 6.28. The van der Waals surface area contributed by atoms with Crippen molar-refractivity contribution in [2.24, 2.45) is 5.10 Å². The molecule has 1 fully saturated rings. The number of rotatable bonds is 4. The van der Waals surface area contributed by atoms with E-state index in [1.54, 1.807) is 29.5 Å². The van der Waals surface area contributed by atoms with Gasteiger partial charge in [-0.25, -0.2) is 5.01 Å². The van der Waals surface area contributed by atoms with E-state index in [1.807, 2.05) is 17.0 Å². The van der Waals surface area contributed by atoms with Crippen LogP contribution in [0, 0.1) is 10.1 Å². The van der Waals surface area contributed by atoms with Gasteiger partial charge in [-0.2, -0.15) is 5.10 Å². The lowest BCUT2D eigenvalue weighted by atomic mass is 10.1. The van der Waals surface area contributed by atoms with Crippen LogP contribution in [0.25, 0.3) is 0 Å². The van der Waals surface area contributed by atoms with Crippen molar-refractivity contribution in [3.05, 3.63) is 64.5 Å². The number of amides is 1. The van der Waals surface area contributed by atoms with Crippen molar-refractivity contribution < 1.29 is 9.72 Å². The molecule has 0 N–H and O–H groups in total. The number of aromatic nitrogens is 1. The topological polar surface area (TPSA) is 91.9 Å². The summed E-state index contributed by atoms with van der Waals surface area (Å²) in [6, 6.07) is 10.0. The first-order valence-electron chi connectivity index (χ1n) is 8.44. The first-order chi connectivity index (χ1) is 12.6. The maximum atomic E-state index is 12.3. The van der Waals surface area contributed by atoms with E-state index < -0.39 is 4.92 Å². The summed E-state index contributed by atoms with van der Waals surface area (Å²) >= 11 is 0. The summed E-state index contributed by atoms with van der Waals surface area (Å²) in [6.45, 7) is 0.697. The Balaban J connectivity index is 1.69. The quantitative estimate of drug-likeness (QED) is 0.623. The highest BCUT2D eigenvalue weighted by Gasteiger charge is 2.37. The van der Waals surface area contributed by atoms with Crippen LogP contribution < -0.4 is 5.01 Å². The summed E-state index contributed by atoms with van der Waals surface area (Å²) in [7, 11) is 0. The first kappa shape index (κ1) is 16.2. The number of hydrogen-bond acceptors (Lipinski definition) is 6. The average Bonchev–Trinajstić information content (AvgIpc) is 3.28. The Labute approximate surface area is 149 Å². The lowest BCUT2D eigenvalue weighted by Crippen LogP contribution is -2.44. The van der Waals surface area contributed by atoms with E-state index in [4.69, 9.17) is 5.10 Å². The third-order valence-corrected chi connectivity index (χ3v) is 4.68. The summed E-state index contributed by atoms with van der Waals surface area (Å²) in [5.41, 5.74) is 2.51. The smallest absolute Gasteiger partial charge is 0.269 e. The molecular formula is C18H17N5O3. The number of carbonyl (C=O) groups excluding carboxylic acids is 1. The van der Waals surface area contributed by atoms with Gasteiger partial charge < -0.3 is 4.90 Å². The highest BCUT2D eigenvalue weighted by molar-refractivity contribution is 6.03. The van der Waals surface area contributed by atoms with Crippen molar-refractivity contribution in [2.45, 2.75) is 25.4 Å². The van der Waals surface area contributed by atoms with Gasteiger partial charge in [-0.3, -0.25) is 19.9 Å². The molecular weight excluding hydrogens is 334 g/mol. The number of benzene rings is 1. The number of nitro benzene ring substituents is 1. The van der Waals surface area contributed by atoms with Crippen molar-refractivity contribution >= 4 is 23.0 Å². The molecule has 2 aliphatic heterocycles. The van der Waals surface area contributed by atoms with Crippen LogP contribution in [0.5, 0.6) is 0 Å². The summed E-state index contributed by atoms with van der Waals surface area (Å²) in [6.07, 6.45) is 5.21. The van der Waals surface area contributed by atoms with Gasteiger partial charge in [-0.05, 0) is 24.6 Å². The molecule has 0 aliphatic carbocycles. The third-order valence-electron chi connectivity index (χ3n) is 4.68. The van der Waals surface area contributed by atoms with E-state index in [2.05, 4.69) is 4.98 Å². The van der Waals surface area contributed by atoms with Crippen molar-refractivity contribution in [1.82, 2.24) is 9.88 Å². The Hall–Kier alpha value is -3.29. The molecule has 1 aromatic carbocycles. The second-order valence-corrected chi connectivity index (χ2v) is 6.28. The summed E-state index contributed by atoms with van der Waals surface area (Å²) in [4.78, 5) is 28.7. The molecule has 0 radical (unpaired) electrons. The Morgan fingerprint density at radius 2 is 2.00 bits per heavy atom. The zero-order valence-corrected chi connectivity index (χ0v) is 14.0. The van der Waals surface area contributed by atoms with Gasteiger partial charge in [0.15, 0.2) is 0 Å². The molecule has 1 unspecified atom stereocenters. The lowest BCUT2D eigenvalue weighted by Gasteiger charge is -2.31. The molecule has 2 aromatic rings. The molecule has 1 amide bonds. The molecule has 4 rings (SSSR count). The minimum absolute atomic E-state index is 0.0261. The zero-order chi connectivity index (χ0) is 18.1. The Morgan fingerprint density at radius 1 is 1.19 bits per heavy atom. The predicted molar refractivity (Wildman–Crippen MR) is 95.7 cm³/mol. The van der Waals surface area contributed by atoms with Gasteiger partial charge in [0.25, 0.3) is 5.69 Å². The van der Waals surface area contributed by atoms with Crippen LogP contribution in [-0.4, -0.2) is 39.1 Å². The molecule has 26 heavy (non-hydrogen) atoms. The molecule has 0 saturated carbocycles. The number of carbonyl (C=O) groups is 1. The van der Waals surface area contributed by atoms with Crippen LogP contribution in [0.15, 0.2) is 53.9 Å². The van der Waals surface area contributed by atoms with Gasteiger partial charge in [0.2, 0.25) is 5.91 Å². The molecule has 1 saturated heterocycles. The molecule has 1 atom stereocenters. The Morgan fingerprint density at radius 3 is 2.62 bits per heavy atom. The SMILES string of the molecule is O=C1CCCN1C1CC(c2cccnc2)=NN1c1ccc([N+](=O)[O-])cc1. The minimum Gasteiger partial charge on any atom is -0.320 e. The van der Waals surface area contributed by atoms with Gasteiger partial charge in [0, 0.05) is 49.5 Å². The fourth-order valence-corrected chi connectivity index (χ4v) is 3.39. The van der Waals surface area contributed by atoms with Gasteiger partial charge in [-0.1, -0.05) is 6.07 Å². The number of nitrogens with zero attached hydrogens (tertiary/aromatic N) is 5. The number of anilines is 1. The fourth-order valence-electron chi connectivity index (χ4n) is 3.39. The van der Waals surface area contributed by atoms with E-state index in [1.165, 1.54) is 12.1 Å². The van der Waals surface area contributed by atoms with E-state index in [9.17, 15) is 14.9 Å². The Bertz CT molecular complexity index is 866. The molecule has 0 bridgehead atoms. The van der Waals surface area contributed by atoms with Crippen LogP contribution in [0.3, 0.4) is 0 Å². The molecule has 8 nitrogen and oxygen atoms in total. The van der Waals surface area contributed by atoms with Gasteiger partial charge >= 0.3 is 0 Å². The highest BCUT2D eigenvalue weighted by atomic mass is 16.6. The normalized spacial score (nSPS) is 19.8. The zero-order valence-electron chi connectivity index (χ0n) is 14.0. The van der Waals surface area contributed by atoms with Crippen molar-refractivity contribution in [1.29, 1.82) is 0 Å². The minimum atomic E-state index is -0.431. The van der Waals surface area contributed by atoms with E-state index in [0.29, 0.717) is 19.4 Å². The van der Waals surface area contributed by atoms with Gasteiger partial charge in [-0.15, -0.1) is 0 Å². The second kappa shape index (κ2) is 6.55. The number of pyridine rings is 1. The third kappa shape index (κ3) is 2.90. The number of hydrogen-bond donors (Lipinski definition) is 0. The monoisotopic (exact) mass is 351 g/mol. The standard InChI is InChI=1S/C18H17N5O3/c24-18-4-2-10-21(18)17-11-16(13-3-1-9-19-12-13)20-22(17)14-5-7-15(8-6-14)23(25)26/h1,3,5-9,12,17H,2,4,10-11H2. The molecule has 3 heterocycles. The Kier molecular flexibility index (Phi) is 4.08. The van der Waals surface area contributed by atoms with Crippen LogP contribution in [0.4, 0.5) is 11.4 Å². The molecule has 132 valence electrons. The number of likely N-dealkylation sites (tertiary alicyclic amines) is 1. The highest BCUT2D eigenvalue weighted by Crippen LogP contribution is 2.31. The van der Waals surface area contributed by atoms with E-state index in [-0.39, 0.29) is 17.8 Å². The van der Waals surface area contributed by atoms with Crippen LogP contribution >= 0.6 is 0 Å². The summed E-state index contributed by atoms with van der Waals surface area (Å²) in [5, 5.41) is 17.4. The number of hydrazone groups is 1. The van der Waals surface area contributed by atoms with Gasteiger partial charge in [0.1, 0.15) is 6.17 Å². The van der Waals surface area contributed by atoms with Crippen LogP contribution in [-0.2, 0) is 4.79 Å². The van der Waals surface area contributed by atoms with Gasteiger partial charge in [0.05, 0.1) is 16.3 Å². The van der Waals surface area contributed by atoms with Crippen molar-refractivity contribution in [2.75, 3.05) is 11.6 Å². The average molecular weight is 351 g/mol. The maximum absolute atomic E-state index is 12.3. The largest absolute Gasteiger partial charge is 0.320 e. The van der Waals surface area contributed by atoms with E-state index >= 15 is 0 Å². The number of nitro groups is 1. The molecule has 0 spiro atoms. The molecule has 1 aromatic heterocycles. The number of non-ortho nitro benzene ring substituents is 1. The molecule has 8 heteroatoms. The summed E-state index contributed by atoms with van der Waals surface area (Å²) in [5.74, 6) is 0.115. The first-order valence-corrected chi connectivity index (χ1v) is 8.44. The van der Waals surface area contributed by atoms with Crippen molar-refractivity contribution in [3.8, 4) is 0 Å². The van der Waals surface area contributed by atoms with E-state index in [0.717, 1.165) is 23.4 Å². The van der Waals surface area contributed by atoms with Crippen molar-refractivity contribution in [3.63, 3.8) is 0 Å². The van der Waals surface area contributed by atoms with Crippen LogP contribution in [0.1, 0.15) is 24.8 Å². The predicted octanol–water partition coefficient (Wildman–Crippen LogP) is 2.55. The maximum Gasteiger partial charge on any atom is 0.269 e. The summed E-state index contributed by atoms with van der Waals surface area (Å²) < 4.78 is 0. The lowest BCUT2D eigenvalue weighted by molar-refractivity contribution is -0.384. The van der Waals surface area contributed by atoms with Crippen LogP contribution in [0.2, 0.25) is 0 Å². The molecule has 2 aliphatic rings.